The Hall–Kier alpha value is -1.06. The number of likely N-dealkylation sites (tertiary alicyclic amines) is 1. The van der Waals surface area contributed by atoms with E-state index in [1.807, 2.05) is 6.92 Å². The molecule has 19 heavy (non-hydrogen) atoms. The Morgan fingerprint density at radius 2 is 2.11 bits per heavy atom. The van der Waals surface area contributed by atoms with Gasteiger partial charge in [0.2, 0.25) is 11.8 Å². The van der Waals surface area contributed by atoms with Crippen molar-refractivity contribution in [3.63, 3.8) is 0 Å². The van der Waals surface area contributed by atoms with Crippen LogP contribution in [0.1, 0.15) is 65.2 Å². The number of unbranched alkanes of at least 4 members (excludes halogenated alkanes) is 2. The molecular weight excluding hydrogens is 240 g/mol. The minimum absolute atomic E-state index is 0.0146. The molecule has 0 aliphatic carbocycles. The molecule has 0 aromatic carbocycles. The smallest absolute Gasteiger partial charge is 0.239 e. The lowest BCUT2D eigenvalue weighted by Gasteiger charge is -2.21. The molecule has 4 nitrogen and oxygen atoms in total. The highest BCUT2D eigenvalue weighted by atomic mass is 16.2. The van der Waals surface area contributed by atoms with Crippen LogP contribution in [0.3, 0.4) is 0 Å². The van der Waals surface area contributed by atoms with Crippen LogP contribution in [0.5, 0.6) is 0 Å². The minimum Gasteiger partial charge on any atom is -0.352 e. The number of rotatable bonds is 7. The van der Waals surface area contributed by atoms with Crippen LogP contribution in [-0.2, 0) is 9.59 Å². The van der Waals surface area contributed by atoms with Crippen molar-refractivity contribution in [3.8, 4) is 0 Å². The monoisotopic (exact) mass is 268 g/mol. The van der Waals surface area contributed by atoms with Gasteiger partial charge in [-0.1, -0.05) is 32.6 Å². The van der Waals surface area contributed by atoms with E-state index >= 15 is 0 Å². The summed E-state index contributed by atoms with van der Waals surface area (Å²) in [7, 11) is 0. The predicted octanol–water partition coefficient (Wildman–Crippen LogP) is 2.47. The van der Waals surface area contributed by atoms with Crippen LogP contribution in [0.25, 0.3) is 0 Å². The molecule has 0 spiro atoms. The molecule has 1 N–H and O–H groups in total. The van der Waals surface area contributed by atoms with Gasteiger partial charge in [-0.2, -0.15) is 0 Å². The molecule has 1 unspecified atom stereocenters. The summed E-state index contributed by atoms with van der Waals surface area (Å²) < 4.78 is 0. The third-order valence-corrected chi connectivity index (χ3v) is 3.65. The first kappa shape index (κ1) is 16.0. The van der Waals surface area contributed by atoms with Gasteiger partial charge in [-0.15, -0.1) is 0 Å². The molecule has 0 radical (unpaired) electrons. The van der Waals surface area contributed by atoms with E-state index < -0.39 is 0 Å². The summed E-state index contributed by atoms with van der Waals surface area (Å²) in [6, 6.07) is 0.209. The zero-order valence-electron chi connectivity index (χ0n) is 12.4. The lowest BCUT2D eigenvalue weighted by Crippen LogP contribution is -2.43. The minimum atomic E-state index is -0.0146. The molecule has 1 heterocycles. The highest BCUT2D eigenvalue weighted by Gasteiger charge is 2.19. The van der Waals surface area contributed by atoms with Crippen LogP contribution in [-0.4, -0.2) is 35.8 Å². The van der Waals surface area contributed by atoms with E-state index in [1.54, 1.807) is 4.90 Å². The van der Waals surface area contributed by atoms with Gasteiger partial charge in [0.25, 0.3) is 0 Å². The van der Waals surface area contributed by atoms with Gasteiger partial charge in [0.1, 0.15) is 0 Å². The van der Waals surface area contributed by atoms with Crippen LogP contribution in [0, 0.1) is 0 Å². The van der Waals surface area contributed by atoms with Crippen LogP contribution in [0.2, 0.25) is 0 Å². The molecule has 1 atom stereocenters. The van der Waals surface area contributed by atoms with E-state index in [0.29, 0.717) is 6.42 Å². The van der Waals surface area contributed by atoms with Crippen molar-refractivity contribution >= 4 is 11.8 Å². The van der Waals surface area contributed by atoms with Crippen LogP contribution in [0.15, 0.2) is 0 Å². The van der Waals surface area contributed by atoms with Gasteiger partial charge in [-0.25, -0.2) is 0 Å². The maximum atomic E-state index is 11.9. The molecule has 0 bridgehead atoms. The number of hydrogen-bond donors (Lipinski definition) is 1. The second kappa shape index (κ2) is 8.94. The highest BCUT2D eigenvalue weighted by Crippen LogP contribution is 2.10. The summed E-state index contributed by atoms with van der Waals surface area (Å²) in [6.45, 7) is 5.18. The Morgan fingerprint density at radius 1 is 1.32 bits per heavy atom. The number of nitrogens with zero attached hydrogens (tertiary/aromatic N) is 1. The first-order chi connectivity index (χ1) is 9.13. The average molecular weight is 268 g/mol. The van der Waals surface area contributed by atoms with Crippen molar-refractivity contribution in [2.45, 2.75) is 71.3 Å². The standard InChI is InChI=1S/C15H28N2O2/c1-3-4-6-9-13(2)16-14(18)12-17-11-8-5-7-10-15(17)19/h13H,3-12H2,1-2H3,(H,16,18). The fourth-order valence-corrected chi connectivity index (χ4v) is 2.47. The van der Waals surface area contributed by atoms with E-state index in [4.69, 9.17) is 0 Å². The lowest BCUT2D eigenvalue weighted by atomic mass is 10.1. The van der Waals surface area contributed by atoms with Crippen molar-refractivity contribution in [1.29, 1.82) is 0 Å². The largest absolute Gasteiger partial charge is 0.352 e. The Labute approximate surface area is 116 Å². The molecule has 110 valence electrons. The summed E-state index contributed by atoms with van der Waals surface area (Å²) >= 11 is 0. The molecule has 0 aromatic rings. The highest BCUT2D eigenvalue weighted by molar-refractivity contribution is 5.85. The number of carbonyl (C=O) groups is 2. The van der Waals surface area contributed by atoms with Gasteiger partial charge in [-0.3, -0.25) is 9.59 Å². The maximum absolute atomic E-state index is 11.9. The number of amides is 2. The van der Waals surface area contributed by atoms with Crippen molar-refractivity contribution in [1.82, 2.24) is 10.2 Å². The van der Waals surface area contributed by atoms with Gasteiger partial charge in [-0.05, 0) is 26.2 Å². The third-order valence-electron chi connectivity index (χ3n) is 3.65. The van der Waals surface area contributed by atoms with Gasteiger partial charge >= 0.3 is 0 Å². The molecule has 1 saturated heterocycles. The first-order valence-corrected chi connectivity index (χ1v) is 7.70. The lowest BCUT2D eigenvalue weighted by molar-refractivity contribution is -0.135. The van der Waals surface area contributed by atoms with Gasteiger partial charge in [0, 0.05) is 19.0 Å². The van der Waals surface area contributed by atoms with Crippen LogP contribution in [0.4, 0.5) is 0 Å². The maximum Gasteiger partial charge on any atom is 0.239 e. The summed E-state index contributed by atoms with van der Waals surface area (Å²) in [5.41, 5.74) is 0. The fourth-order valence-electron chi connectivity index (χ4n) is 2.47. The summed E-state index contributed by atoms with van der Waals surface area (Å²) in [5.74, 6) is 0.116. The van der Waals surface area contributed by atoms with E-state index in [9.17, 15) is 9.59 Å². The van der Waals surface area contributed by atoms with Gasteiger partial charge < -0.3 is 10.2 Å². The van der Waals surface area contributed by atoms with Crippen molar-refractivity contribution in [2.75, 3.05) is 13.1 Å². The van der Waals surface area contributed by atoms with E-state index in [-0.39, 0.29) is 24.4 Å². The molecule has 1 rings (SSSR count). The number of nitrogens with one attached hydrogen (secondary N) is 1. The molecule has 0 saturated carbocycles. The Kier molecular flexibility index (Phi) is 7.53. The molecule has 1 aliphatic rings. The third kappa shape index (κ3) is 6.60. The zero-order valence-corrected chi connectivity index (χ0v) is 12.4. The van der Waals surface area contributed by atoms with Gasteiger partial charge in [0.05, 0.1) is 6.54 Å². The Bertz CT molecular complexity index is 292. The van der Waals surface area contributed by atoms with E-state index in [2.05, 4.69) is 12.2 Å². The van der Waals surface area contributed by atoms with Crippen molar-refractivity contribution in [3.05, 3.63) is 0 Å². The molecule has 2 amide bonds. The van der Waals surface area contributed by atoms with E-state index in [1.165, 1.54) is 12.8 Å². The molecule has 4 heteroatoms. The zero-order chi connectivity index (χ0) is 14.1. The molecule has 0 aromatic heterocycles. The Balaban J connectivity index is 2.27. The molecule has 1 fully saturated rings. The fraction of sp³-hybridized carbons (Fsp3) is 0.867. The van der Waals surface area contributed by atoms with Gasteiger partial charge in [0.15, 0.2) is 0 Å². The number of hydrogen-bond acceptors (Lipinski definition) is 2. The first-order valence-electron chi connectivity index (χ1n) is 7.70. The quantitative estimate of drug-likeness (QED) is 0.721. The van der Waals surface area contributed by atoms with Crippen LogP contribution < -0.4 is 5.32 Å². The molecular formula is C15H28N2O2. The van der Waals surface area contributed by atoms with Crippen molar-refractivity contribution in [2.24, 2.45) is 0 Å². The summed E-state index contributed by atoms with van der Waals surface area (Å²) in [6.07, 6.45) is 8.26. The predicted molar refractivity (Wildman–Crippen MR) is 76.8 cm³/mol. The Morgan fingerprint density at radius 3 is 2.84 bits per heavy atom. The summed E-state index contributed by atoms with van der Waals surface area (Å²) in [5, 5.41) is 2.99. The average Bonchev–Trinajstić information content (AvgIpc) is 2.55. The SMILES string of the molecule is CCCCCC(C)NC(=O)CN1CCCCCC1=O. The van der Waals surface area contributed by atoms with Crippen LogP contribution >= 0.6 is 0 Å². The number of carbonyl (C=O) groups excluding carboxylic acids is 2. The topological polar surface area (TPSA) is 49.4 Å². The summed E-state index contributed by atoms with van der Waals surface area (Å²) in [4.78, 5) is 25.4. The second-order valence-corrected chi connectivity index (χ2v) is 5.59. The molecule has 1 aliphatic heterocycles. The normalized spacial score (nSPS) is 18.0. The van der Waals surface area contributed by atoms with Crippen molar-refractivity contribution < 1.29 is 9.59 Å². The second-order valence-electron chi connectivity index (χ2n) is 5.59. The van der Waals surface area contributed by atoms with E-state index in [0.717, 1.165) is 38.6 Å².